The second-order valence-electron chi connectivity index (χ2n) is 13.8. The molecule has 2 atom stereocenters. The van der Waals surface area contributed by atoms with Crippen molar-refractivity contribution in [1.82, 2.24) is 4.90 Å². The van der Waals surface area contributed by atoms with E-state index in [9.17, 15) is 19.0 Å². The van der Waals surface area contributed by atoms with E-state index < -0.39 is 26.5 Å². The summed E-state index contributed by atoms with van der Waals surface area (Å²) in [7, 11) is -0.706. The molecule has 0 amide bonds. The molecule has 0 aromatic carbocycles. The van der Waals surface area contributed by atoms with Gasteiger partial charge in [0.1, 0.15) is 6.61 Å². The van der Waals surface area contributed by atoms with Gasteiger partial charge < -0.3 is 19.3 Å². The molecule has 0 bridgehead atoms. The first kappa shape index (κ1) is 47.8. The lowest BCUT2D eigenvalue weighted by atomic mass is 10.0. The van der Waals surface area contributed by atoms with E-state index in [1.165, 1.54) is 89.9 Å². The van der Waals surface area contributed by atoms with Gasteiger partial charge in [0.2, 0.25) is 0 Å². The van der Waals surface area contributed by atoms with Crippen LogP contribution in [0.15, 0.2) is 12.2 Å². The molecule has 0 fully saturated rings. The summed E-state index contributed by atoms with van der Waals surface area (Å²) < 4.78 is 33.3. The largest absolute Gasteiger partial charge is 0.472 e. The van der Waals surface area contributed by atoms with Crippen LogP contribution in [0.4, 0.5) is 0 Å². The molecule has 0 rings (SSSR count). The number of phosphoric ester groups is 1. The number of nitrogens with zero attached hydrogens (tertiary/aromatic N) is 1. The Morgan fingerprint density at radius 3 is 1.57 bits per heavy atom. The predicted octanol–water partition coefficient (Wildman–Crippen LogP) is 10.9. The van der Waals surface area contributed by atoms with Crippen LogP contribution in [0.3, 0.4) is 0 Å². The van der Waals surface area contributed by atoms with Crippen molar-refractivity contribution in [3.63, 3.8) is 0 Å². The van der Waals surface area contributed by atoms with Crippen LogP contribution in [0, 0.1) is 0 Å². The lowest BCUT2D eigenvalue weighted by Gasteiger charge is -2.20. The first-order valence-corrected chi connectivity index (χ1v) is 21.5. The fourth-order valence-electron chi connectivity index (χ4n) is 5.43. The number of hydrogen-bond acceptors (Lipinski definition) is 8. The third-order valence-corrected chi connectivity index (χ3v) is 9.56. The number of unbranched alkanes of at least 4 members (excludes halogenated alkanes) is 21. The van der Waals surface area contributed by atoms with E-state index in [0.717, 1.165) is 57.8 Å². The van der Waals surface area contributed by atoms with Crippen molar-refractivity contribution in [3.05, 3.63) is 12.2 Å². The van der Waals surface area contributed by atoms with Crippen LogP contribution in [0.25, 0.3) is 0 Å². The number of rotatable bonds is 37. The zero-order chi connectivity index (χ0) is 36.3. The van der Waals surface area contributed by atoms with E-state index >= 15 is 0 Å². The summed E-state index contributed by atoms with van der Waals surface area (Å²) in [6.07, 6.45) is 32.5. The van der Waals surface area contributed by atoms with E-state index in [0.29, 0.717) is 13.0 Å². The normalized spacial score (nSPS) is 13.6. The maximum atomic E-state index is 12.6. The van der Waals surface area contributed by atoms with Gasteiger partial charge in [-0.2, -0.15) is 0 Å². The summed E-state index contributed by atoms with van der Waals surface area (Å²) >= 11 is 0. The Hall–Kier alpha value is -1.25. The smallest absolute Gasteiger partial charge is 0.462 e. The molecular weight excluding hydrogens is 641 g/mol. The molecule has 0 aliphatic heterocycles. The fraction of sp³-hybridized carbons (Fsp3) is 0.897. The summed E-state index contributed by atoms with van der Waals surface area (Å²) in [5.41, 5.74) is 0. The standard InChI is InChI=1S/C39H76NO8P/c1-5-7-9-11-13-15-17-18-19-20-22-24-26-28-30-32-39(42)48-37(36-47-49(43,44)46-34-33-40(3)4)35-45-38(41)31-29-27-25-23-21-16-14-12-10-8-6-2/h12,14,37H,5-11,13,15-36H2,1-4H3,(H,43,44)/b14-12-. The van der Waals surface area contributed by atoms with Gasteiger partial charge in [0, 0.05) is 19.4 Å². The molecule has 0 aromatic heterocycles. The molecule has 290 valence electrons. The molecule has 10 heteroatoms. The summed E-state index contributed by atoms with van der Waals surface area (Å²) in [6.45, 7) is 4.28. The number of carbonyl (C=O) groups excluding carboxylic acids is 2. The summed E-state index contributed by atoms with van der Waals surface area (Å²) in [5, 5.41) is 0. The highest BCUT2D eigenvalue weighted by atomic mass is 31.2. The Morgan fingerprint density at radius 1 is 0.612 bits per heavy atom. The van der Waals surface area contributed by atoms with E-state index in [1.807, 2.05) is 19.0 Å². The molecule has 0 saturated heterocycles. The van der Waals surface area contributed by atoms with Crippen molar-refractivity contribution >= 4 is 19.8 Å². The third kappa shape index (κ3) is 36.3. The van der Waals surface area contributed by atoms with Crippen LogP contribution in [-0.4, -0.2) is 68.3 Å². The molecule has 0 aliphatic rings. The molecule has 0 aliphatic carbocycles. The minimum absolute atomic E-state index is 0.00900. The molecule has 1 N–H and O–H groups in total. The van der Waals surface area contributed by atoms with Crippen molar-refractivity contribution < 1.29 is 37.6 Å². The zero-order valence-electron chi connectivity index (χ0n) is 32.1. The van der Waals surface area contributed by atoms with Crippen LogP contribution >= 0.6 is 7.82 Å². The van der Waals surface area contributed by atoms with Gasteiger partial charge in [-0.25, -0.2) is 4.57 Å². The highest BCUT2D eigenvalue weighted by Gasteiger charge is 2.26. The van der Waals surface area contributed by atoms with Crippen LogP contribution in [-0.2, 0) is 32.7 Å². The van der Waals surface area contributed by atoms with Crippen molar-refractivity contribution in [2.24, 2.45) is 0 Å². The van der Waals surface area contributed by atoms with Crippen molar-refractivity contribution in [3.8, 4) is 0 Å². The Bertz CT molecular complexity index is 838. The van der Waals surface area contributed by atoms with Crippen LogP contribution in [0.5, 0.6) is 0 Å². The molecule has 0 radical (unpaired) electrons. The van der Waals surface area contributed by atoms with Crippen molar-refractivity contribution in [2.45, 2.75) is 187 Å². The Kier molecular flexibility index (Phi) is 34.3. The number of allylic oxidation sites excluding steroid dienone is 2. The van der Waals surface area contributed by atoms with Gasteiger partial charge in [-0.3, -0.25) is 18.6 Å². The Labute approximate surface area is 301 Å². The average molecular weight is 718 g/mol. The summed E-state index contributed by atoms with van der Waals surface area (Å²) in [6, 6.07) is 0. The van der Waals surface area contributed by atoms with Gasteiger partial charge in [-0.15, -0.1) is 0 Å². The SMILES string of the molecule is CCCC/C=C\CCCCCCCC(=O)OCC(COP(=O)(O)OCCN(C)C)OC(=O)CCCCCCCCCCCCCCCCC. The number of esters is 2. The Morgan fingerprint density at radius 2 is 1.06 bits per heavy atom. The molecule has 2 unspecified atom stereocenters. The predicted molar refractivity (Wildman–Crippen MR) is 202 cm³/mol. The molecule has 0 heterocycles. The average Bonchev–Trinajstić information content (AvgIpc) is 3.06. The second-order valence-corrected chi connectivity index (χ2v) is 15.3. The van der Waals surface area contributed by atoms with Gasteiger partial charge in [0.05, 0.1) is 13.2 Å². The Balaban J connectivity index is 4.31. The lowest BCUT2D eigenvalue weighted by molar-refractivity contribution is -0.161. The molecule has 0 aromatic rings. The minimum atomic E-state index is -4.35. The van der Waals surface area contributed by atoms with Gasteiger partial charge in [0.15, 0.2) is 6.10 Å². The first-order valence-electron chi connectivity index (χ1n) is 20.0. The first-order chi connectivity index (χ1) is 23.7. The highest BCUT2D eigenvalue weighted by molar-refractivity contribution is 7.47. The molecule has 9 nitrogen and oxygen atoms in total. The highest BCUT2D eigenvalue weighted by Crippen LogP contribution is 2.43. The van der Waals surface area contributed by atoms with Gasteiger partial charge in [-0.1, -0.05) is 148 Å². The number of hydrogen-bond donors (Lipinski definition) is 1. The third-order valence-electron chi connectivity index (χ3n) is 8.57. The monoisotopic (exact) mass is 718 g/mol. The lowest BCUT2D eigenvalue weighted by Crippen LogP contribution is -2.29. The molecule has 49 heavy (non-hydrogen) atoms. The summed E-state index contributed by atoms with van der Waals surface area (Å²) in [5.74, 6) is -0.808. The maximum Gasteiger partial charge on any atom is 0.472 e. The van der Waals surface area contributed by atoms with Crippen LogP contribution in [0.1, 0.15) is 181 Å². The van der Waals surface area contributed by atoms with E-state index in [-0.39, 0.29) is 32.0 Å². The van der Waals surface area contributed by atoms with Gasteiger partial charge in [0.25, 0.3) is 0 Å². The fourth-order valence-corrected chi connectivity index (χ4v) is 6.17. The molecular formula is C39H76NO8P. The quantitative estimate of drug-likeness (QED) is 0.0290. The van der Waals surface area contributed by atoms with Crippen LogP contribution < -0.4 is 0 Å². The molecule has 0 saturated carbocycles. The maximum absolute atomic E-state index is 12.6. The zero-order valence-corrected chi connectivity index (χ0v) is 33.0. The van der Waals surface area contributed by atoms with Crippen molar-refractivity contribution in [2.75, 3.05) is 40.5 Å². The van der Waals surface area contributed by atoms with Gasteiger partial charge >= 0.3 is 19.8 Å². The number of ether oxygens (including phenoxy) is 2. The molecule has 0 spiro atoms. The topological polar surface area (TPSA) is 112 Å². The summed E-state index contributed by atoms with van der Waals surface area (Å²) in [4.78, 5) is 36.8. The number of likely N-dealkylation sites (N-methyl/N-ethyl adjacent to an activating group) is 1. The van der Waals surface area contributed by atoms with Crippen molar-refractivity contribution in [1.29, 1.82) is 0 Å². The van der Waals surface area contributed by atoms with E-state index in [4.69, 9.17) is 18.5 Å². The minimum Gasteiger partial charge on any atom is -0.462 e. The van der Waals surface area contributed by atoms with E-state index in [2.05, 4.69) is 26.0 Å². The van der Waals surface area contributed by atoms with Crippen LogP contribution in [0.2, 0.25) is 0 Å². The van der Waals surface area contributed by atoms with E-state index in [1.54, 1.807) is 0 Å². The number of phosphoric acid groups is 1. The van der Waals surface area contributed by atoms with Gasteiger partial charge in [-0.05, 0) is 46.2 Å². The number of carbonyl (C=O) groups is 2. The second kappa shape index (κ2) is 35.2.